The van der Waals surface area contributed by atoms with Gasteiger partial charge in [-0.2, -0.15) is 9.37 Å². The second kappa shape index (κ2) is 10.3. The summed E-state index contributed by atoms with van der Waals surface area (Å²) in [5, 5.41) is 9.24. The molecular weight excluding hydrogens is 473 g/mol. The van der Waals surface area contributed by atoms with Crippen LogP contribution < -0.4 is 10.3 Å². The van der Waals surface area contributed by atoms with Crippen LogP contribution in [-0.4, -0.2) is 36.2 Å². The molecule has 0 aliphatic carbocycles. The number of halogens is 2. The molecule has 3 heterocycles. The highest BCUT2D eigenvalue weighted by Crippen LogP contribution is 2.26. The lowest BCUT2D eigenvalue weighted by Gasteiger charge is -2.16. The summed E-state index contributed by atoms with van der Waals surface area (Å²) in [4.78, 5) is 30.1. The van der Waals surface area contributed by atoms with Crippen LogP contribution in [0.2, 0.25) is 5.02 Å². The fourth-order valence-electron chi connectivity index (χ4n) is 3.50. The number of hydrogen-bond acceptors (Lipinski definition) is 7. The van der Waals surface area contributed by atoms with Gasteiger partial charge in [0.15, 0.2) is 5.02 Å². The molecule has 8 nitrogen and oxygen atoms in total. The first kappa shape index (κ1) is 24.4. The quantitative estimate of drug-likeness (QED) is 0.384. The maximum absolute atomic E-state index is 13.3. The Labute approximate surface area is 206 Å². The van der Waals surface area contributed by atoms with Crippen LogP contribution in [0, 0.1) is 19.8 Å². The van der Waals surface area contributed by atoms with Crippen LogP contribution in [0.3, 0.4) is 0 Å². The van der Waals surface area contributed by atoms with Crippen LogP contribution in [0.5, 0.6) is 5.88 Å². The first-order valence-electron chi connectivity index (χ1n) is 10.9. The van der Waals surface area contributed by atoms with Crippen molar-refractivity contribution in [2.45, 2.75) is 33.3 Å². The standard InChI is InChI=1S/C25H23ClFN5O3/c1-14-7-8-17(19-9-10-28-23(31-19)15(2)12-33)11-20(14)32-16(3)29-24(22(26)25(32)34)35-13-18-5-4-6-21(27)30-18/h4-11,15,33H,12-13H2,1-3H3. The average molecular weight is 496 g/mol. The molecule has 1 N–H and O–H groups in total. The van der Waals surface area contributed by atoms with Crippen molar-refractivity contribution in [3.8, 4) is 22.8 Å². The van der Waals surface area contributed by atoms with Gasteiger partial charge < -0.3 is 9.84 Å². The second-order valence-electron chi connectivity index (χ2n) is 8.04. The van der Waals surface area contributed by atoms with Gasteiger partial charge in [-0.3, -0.25) is 9.36 Å². The molecular formula is C25H23ClFN5O3. The van der Waals surface area contributed by atoms with E-state index in [-0.39, 0.29) is 30.0 Å². The van der Waals surface area contributed by atoms with Gasteiger partial charge >= 0.3 is 0 Å². The number of ether oxygens (including phenoxy) is 1. The summed E-state index contributed by atoms with van der Waals surface area (Å²) in [6, 6.07) is 11.7. The normalized spacial score (nSPS) is 11.9. The summed E-state index contributed by atoms with van der Waals surface area (Å²) in [7, 11) is 0. The minimum absolute atomic E-state index is 0.0521. The summed E-state index contributed by atoms with van der Waals surface area (Å²) < 4.78 is 20.3. The Morgan fingerprint density at radius 1 is 1.14 bits per heavy atom. The van der Waals surface area contributed by atoms with E-state index < -0.39 is 11.5 Å². The molecule has 0 radical (unpaired) electrons. The van der Waals surface area contributed by atoms with E-state index in [0.717, 1.165) is 11.1 Å². The fraction of sp³-hybridized carbons (Fsp3) is 0.240. The first-order chi connectivity index (χ1) is 16.8. The van der Waals surface area contributed by atoms with Crippen molar-refractivity contribution < 1.29 is 14.2 Å². The Bertz CT molecular complexity index is 1440. The van der Waals surface area contributed by atoms with Gasteiger partial charge in [0.05, 0.1) is 23.7 Å². The van der Waals surface area contributed by atoms with E-state index in [1.54, 1.807) is 25.3 Å². The van der Waals surface area contributed by atoms with Gasteiger partial charge in [0, 0.05) is 17.7 Å². The number of hydrogen-bond donors (Lipinski definition) is 1. The molecule has 0 spiro atoms. The van der Waals surface area contributed by atoms with E-state index >= 15 is 0 Å². The lowest BCUT2D eigenvalue weighted by molar-refractivity contribution is 0.269. The van der Waals surface area contributed by atoms with Gasteiger partial charge in [-0.25, -0.2) is 15.0 Å². The van der Waals surface area contributed by atoms with Crippen molar-refractivity contribution in [1.29, 1.82) is 0 Å². The Balaban J connectivity index is 1.71. The Kier molecular flexibility index (Phi) is 7.18. The zero-order valence-electron chi connectivity index (χ0n) is 19.4. The molecule has 0 saturated carbocycles. The third-order valence-corrected chi connectivity index (χ3v) is 5.75. The van der Waals surface area contributed by atoms with Gasteiger partial charge in [0.1, 0.15) is 18.3 Å². The second-order valence-corrected chi connectivity index (χ2v) is 8.42. The highest BCUT2D eigenvalue weighted by molar-refractivity contribution is 6.31. The van der Waals surface area contributed by atoms with Gasteiger partial charge in [0.2, 0.25) is 11.8 Å². The molecule has 1 unspecified atom stereocenters. The number of aliphatic hydroxyl groups is 1. The summed E-state index contributed by atoms with van der Waals surface area (Å²) in [5.74, 6) is -0.000999. The van der Waals surface area contributed by atoms with Crippen molar-refractivity contribution in [3.63, 3.8) is 0 Å². The SMILES string of the molecule is Cc1ccc(-c2ccnc(C(C)CO)n2)cc1-n1c(C)nc(OCc2cccc(F)n2)c(Cl)c1=O. The molecule has 0 aliphatic heterocycles. The molecule has 4 aromatic rings. The number of pyridine rings is 1. The van der Waals surface area contributed by atoms with E-state index in [9.17, 15) is 14.3 Å². The third kappa shape index (κ3) is 5.21. The van der Waals surface area contributed by atoms with Crippen LogP contribution in [0.1, 0.15) is 35.7 Å². The smallest absolute Gasteiger partial charge is 0.280 e. The summed E-state index contributed by atoms with van der Waals surface area (Å²) in [6.45, 7) is 5.22. The predicted molar refractivity (Wildman–Crippen MR) is 129 cm³/mol. The number of rotatable bonds is 7. The highest BCUT2D eigenvalue weighted by atomic mass is 35.5. The largest absolute Gasteiger partial charge is 0.470 e. The zero-order chi connectivity index (χ0) is 25.1. The van der Waals surface area contributed by atoms with Gasteiger partial charge in [-0.15, -0.1) is 0 Å². The Hall–Kier alpha value is -3.69. The first-order valence-corrected chi connectivity index (χ1v) is 11.2. The molecule has 10 heteroatoms. The van der Waals surface area contributed by atoms with Crippen LogP contribution in [-0.2, 0) is 6.61 Å². The van der Waals surface area contributed by atoms with Crippen LogP contribution in [0.4, 0.5) is 4.39 Å². The number of nitrogens with zero attached hydrogens (tertiary/aromatic N) is 5. The van der Waals surface area contributed by atoms with Crippen LogP contribution in [0.15, 0.2) is 53.5 Å². The van der Waals surface area contributed by atoms with Gasteiger partial charge in [-0.1, -0.05) is 36.7 Å². The van der Waals surface area contributed by atoms with Crippen molar-refractivity contribution in [2.24, 2.45) is 0 Å². The average Bonchev–Trinajstić information content (AvgIpc) is 2.86. The Morgan fingerprint density at radius 3 is 2.69 bits per heavy atom. The molecule has 0 bridgehead atoms. The topological polar surface area (TPSA) is 103 Å². The predicted octanol–water partition coefficient (Wildman–Crippen LogP) is 4.17. The molecule has 180 valence electrons. The maximum atomic E-state index is 13.3. The fourth-order valence-corrected chi connectivity index (χ4v) is 3.68. The van der Waals surface area contributed by atoms with Gasteiger partial charge in [0.25, 0.3) is 5.56 Å². The minimum Gasteiger partial charge on any atom is -0.470 e. The van der Waals surface area contributed by atoms with Crippen molar-refractivity contribution >= 4 is 11.6 Å². The van der Waals surface area contributed by atoms with E-state index in [2.05, 4.69) is 19.9 Å². The summed E-state index contributed by atoms with van der Waals surface area (Å²) in [5.41, 5.74) is 2.68. The molecule has 35 heavy (non-hydrogen) atoms. The number of aryl methyl sites for hydroxylation is 2. The molecule has 4 rings (SSSR count). The number of benzene rings is 1. The molecule has 3 aromatic heterocycles. The van der Waals surface area contributed by atoms with Gasteiger partial charge in [-0.05, 0) is 43.7 Å². The monoisotopic (exact) mass is 495 g/mol. The van der Waals surface area contributed by atoms with Crippen molar-refractivity contribution in [1.82, 2.24) is 24.5 Å². The van der Waals surface area contributed by atoms with Crippen molar-refractivity contribution in [2.75, 3.05) is 6.61 Å². The zero-order valence-corrected chi connectivity index (χ0v) is 20.1. The van der Waals surface area contributed by atoms with E-state index in [1.165, 1.54) is 16.7 Å². The van der Waals surface area contributed by atoms with Crippen LogP contribution in [0.25, 0.3) is 16.9 Å². The Morgan fingerprint density at radius 2 is 1.94 bits per heavy atom. The summed E-state index contributed by atoms with van der Waals surface area (Å²) >= 11 is 6.34. The molecule has 1 aromatic carbocycles. The summed E-state index contributed by atoms with van der Waals surface area (Å²) in [6.07, 6.45) is 1.64. The van der Waals surface area contributed by atoms with Crippen molar-refractivity contribution in [3.05, 3.63) is 92.9 Å². The lowest BCUT2D eigenvalue weighted by atomic mass is 10.1. The minimum atomic E-state index is -0.631. The highest BCUT2D eigenvalue weighted by Gasteiger charge is 2.18. The van der Waals surface area contributed by atoms with E-state index in [1.807, 2.05) is 32.0 Å². The maximum Gasteiger partial charge on any atom is 0.280 e. The molecule has 0 aliphatic rings. The number of aromatic nitrogens is 5. The molecule has 0 amide bonds. The molecule has 0 saturated heterocycles. The lowest BCUT2D eigenvalue weighted by Crippen LogP contribution is -2.24. The van der Waals surface area contributed by atoms with E-state index in [0.29, 0.717) is 28.7 Å². The number of aliphatic hydroxyl groups excluding tert-OH is 1. The van der Waals surface area contributed by atoms with Crippen LogP contribution >= 0.6 is 11.6 Å². The molecule has 1 atom stereocenters. The molecule has 0 fully saturated rings. The van der Waals surface area contributed by atoms with E-state index in [4.69, 9.17) is 16.3 Å². The third-order valence-electron chi connectivity index (χ3n) is 5.43.